The molecule has 7 nitrogen and oxygen atoms in total. The van der Waals surface area contributed by atoms with Crippen molar-refractivity contribution in [2.75, 3.05) is 25.6 Å². The Bertz CT molecular complexity index is 722. The quantitative estimate of drug-likeness (QED) is 0.453. The Morgan fingerprint density at radius 2 is 1.78 bits per heavy atom. The summed E-state index contributed by atoms with van der Waals surface area (Å²) >= 11 is 1.58. The van der Waals surface area contributed by atoms with E-state index in [1.807, 2.05) is 36.6 Å². The predicted molar refractivity (Wildman–Crippen MR) is 131 cm³/mol. The largest absolute Gasteiger partial charge is 0.444 e. The highest BCUT2D eigenvalue weighted by atomic mass is 32.2. The minimum atomic E-state index is -0.790. The fourth-order valence-electron chi connectivity index (χ4n) is 3.19. The summed E-state index contributed by atoms with van der Waals surface area (Å²) in [6.07, 6.45) is 4.70. The molecule has 0 fully saturated rings. The highest BCUT2D eigenvalue weighted by molar-refractivity contribution is 7.98. The summed E-state index contributed by atoms with van der Waals surface area (Å²) in [5.74, 6) is 0.116. The molecule has 0 radical (unpaired) electrons. The van der Waals surface area contributed by atoms with Gasteiger partial charge in [0.1, 0.15) is 17.7 Å². The summed E-state index contributed by atoms with van der Waals surface area (Å²) in [5, 5.41) is 5.65. The van der Waals surface area contributed by atoms with Crippen LogP contribution in [0.1, 0.15) is 65.0 Å². The first-order valence-electron chi connectivity index (χ1n) is 11.2. The van der Waals surface area contributed by atoms with E-state index in [9.17, 15) is 14.4 Å². The van der Waals surface area contributed by atoms with E-state index in [-0.39, 0.29) is 11.8 Å². The fraction of sp³-hybridized carbons (Fsp3) is 0.625. The molecule has 8 heteroatoms. The molecule has 0 heterocycles. The van der Waals surface area contributed by atoms with E-state index in [0.717, 1.165) is 24.8 Å². The number of nitrogens with zero attached hydrogens (tertiary/aromatic N) is 1. The van der Waals surface area contributed by atoms with E-state index >= 15 is 0 Å². The number of ether oxygens (including phenoxy) is 1. The number of hydrogen-bond donors (Lipinski definition) is 2. The summed E-state index contributed by atoms with van der Waals surface area (Å²) in [6, 6.07) is 7.64. The maximum absolute atomic E-state index is 13.4. The molecule has 0 bridgehead atoms. The molecule has 0 aliphatic rings. The van der Waals surface area contributed by atoms with Crippen LogP contribution in [0.3, 0.4) is 0 Å². The van der Waals surface area contributed by atoms with Crippen LogP contribution in [0, 0.1) is 0 Å². The van der Waals surface area contributed by atoms with E-state index in [4.69, 9.17) is 4.74 Å². The minimum absolute atomic E-state index is 0.232. The second-order valence-electron chi connectivity index (χ2n) is 8.74. The van der Waals surface area contributed by atoms with Crippen molar-refractivity contribution >= 4 is 29.7 Å². The number of alkyl carbamates (subject to hydrolysis) is 1. The molecule has 2 unspecified atom stereocenters. The van der Waals surface area contributed by atoms with Crippen molar-refractivity contribution in [2.24, 2.45) is 0 Å². The van der Waals surface area contributed by atoms with Gasteiger partial charge < -0.3 is 20.3 Å². The average Bonchev–Trinajstić information content (AvgIpc) is 2.73. The second kappa shape index (κ2) is 14.0. The van der Waals surface area contributed by atoms with Crippen LogP contribution in [0.4, 0.5) is 4.79 Å². The zero-order valence-electron chi connectivity index (χ0n) is 20.3. The van der Waals surface area contributed by atoms with E-state index in [2.05, 4.69) is 17.6 Å². The minimum Gasteiger partial charge on any atom is -0.444 e. The van der Waals surface area contributed by atoms with Crippen molar-refractivity contribution in [1.82, 2.24) is 15.5 Å². The van der Waals surface area contributed by atoms with Crippen LogP contribution in [0.5, 0.6) is 0 Å². The van der Waals surface area contributed by atoms with Gasteiger partial charge in [0.2, 0.25) is 11.8 Å². The van der Waals surface area contributed by atoms with Gasteiger partial charge in [-0.25, -0.2) is 4.79 Å². The predicted octanol–water partition coefficient (Wildman–Crippen LogP) is 4.14. The van der Waals surface area contributed by atoms with E-state index in [0.29, 0.717) is 18.7 Å². The van der Waals surface area contributed by atoms with Gasteiger partial charge in [0, 0.05) is 13.6 Å². The average molecular weight is 466 g/mol. The van der Waals surface area contributed by atoms with Crippen molar-refractivity contribution in [3.05, 3.63) is 35.9 Å². The number of carbonyl (C=O) groups is 3. The molecule has 2 N–H and O–H groups in total. The molecule has 0 saturated carbocycles. The lowest BCUT2D eigenvalue weighted by atomic mass is 10.0. The fourth-order valence-corrected chi connectivity index (χ4v) is 3.66. The molecular weight excluding hydrogens is 426 g/mol. The van der Waals surface area contributed by atoms with Crippen LogP contribution in [-0.2, 0) is 14.3 Å². The molecule has 0 aliphatic heterocycles. The number of amides is 3. The Morgan fingerprint density at radius 3 is 2.34 bits per heavy atom. The first-order valence-corrected chi connectivity index (χ1v) is 12.6. The van der Waals surface area contributed by atoms with E-state index < -0.39 is 23.8 Å². The lowest BCUT2D eigenvalue weighted by Gasteiger charge is -2.31. The van der Waals surface area contributed by atoms with Crippen LogP contribution >= 0.6 is 11.8 Å². The number of nitrogens with one attached hydrogen (secondary N) is 2. The standard InChI is InChI=1S/C24H39N3O4S/c1-7-8-12-16-25-21(28)20(18-13-10-9-11-14-18)27(5)22(29)19(15-17-32-6)26-23(30)31-24(2,3)4/h9-11,13-14,19-20H,7-8,12,15-17H2,1-6H3,(H,25,28)(H,26,30). The number of rotatable bonds is 12. The summed E-state index contributed by atoms with van der Waals surface area (Å²) < 4.78 is 5.34. The summed E-state index contributed by atoms with van der Waals surface area (Å²) in [5.41, 5.74) is 0.0471. The highest BCUT2D eigenvalue weighted by Crippen LogP contribution is 2.21. The van der Waals surface area contributed by atoms with Gasteiger partial charge in [-0.15, -0.1) is 0 Å². The van der Waals surface area contributed by atoms with Crippen LogP contribution in [0.15, 0.2) is 30.3 Å². The molecule has 0 saturated heterocycles. The molecule has 0 aliphatic carbocycles. The number of thioether (sulfide) groups is 1. The van der Waals surface area contributed by atoms with Gasteiger partial charge in [-0.3, -0.25) is 9.59 Å². The van der Waals surface area contributed by atoms with Gasteiger partial charge >= 0.3 is 6.09 Å². The maximum atomic E-state index is 13.4. The Labute approximate surface area is 197 Å². The second-order valence-corrected chi connectivity index (χ2v) is 9.73. The topological polar surface area (TPSA) is 87.7 Å². The molecule has 3 amide bonds. The third-order valence-electron chi connectivity index (χ3n) is 4.78. The molecule has 2 atom stereocenters. The Kier molecular flexibility index (Phi) is 12.2. The summed E-state index contributed by atoms with van der Waals surface area (Å²) in [7, 11) is 1.61. The van der Waals surface area contributed by atoms with Crippen LogP contribution in [0.25, 0.3) is 0 Å². The van der Waals surface area contributed by atoms with E-state index in [1.165, 1.54) is 4.90 Å². The molecule has 32 heavy (non-hydrogen) atoms. The van der Waals surface area contributed by atoms with E-state index in [1.54, 1.807) is 39.6 Å². The van der Waals surface area contributed by atoms with Crippen molar-refractivity contribution in [3.8, 4) is 0 Å². The van der Waals surface area contributed by atoms with Crippen molar-refractivity contribution in [2.45, 2.75) is 71.1 Å². The Balaban J connectivity index is 3.06. The van der Waals surface area contributed by atoms with Gasteiger partial charge in [0.05, 0.1) is 0 Å². The first-order chi connectivity index (χ1) is 15.1. The van der Waals surface area contributed by atoms with Crippen LogP contribution in [0.2, 0.25) is 0 Å². The molecule has 0 aromatic heterocycles. The zero-order valence-corrected chi connectivity index (χ0v) is 21.1. The van der Waals surface area contributed by atoms with Gasteiger partial charge in [-0.05, 0) is 51.2 Å². The first kappa shape index (κ1) is 27.8. The lowest BCUT2D eigenvalue weighted by molar-refractivity contribution is -0.140. The molecule has 0 spiro atoms. The normalized spacial score (nSPS) is 13.1. The molecule has 180 valence electrons. The number of carbonyl (C=O) groups excluding carboxylic acids is 3. The van der Waals surface area contributed by atoms with Gasteiger partial charge in [-0.2, -0.15) is 11.8 Å². The third kappa shape index (κ3) is 9.94. The summed E-state index contributed by atoms with van der Waals surface area (Å²) in [6.45, 7) is 7.97. The van der Waals surface area contributed by atoms with Crippen molar-refractivity contribution < 1.29 is 19.1 Å². The van der Waals surface area contributed by atoms with Crippen LogP contribution in [-0.4, -0.2) is 60.1 Å². The Hall–Kier alpha value is -2.22. The SMILES string of the molecule is CCCCCNC(=O)C(c1ccccc1)N(C)C(=O)C(CCSC)NC(=O)OC(C)(C)C. The molecule has 1 rings (SSSR count). The van der Waals surface area contributed by atoms with Crippen molar-refractivity contribution in [1.29, 1.82) is 0 Å². The molecular formula is C24H39N3O4S. The number of benzene rings is 1. The highest BCUT2D eigenvalue weighted by Gasteiger charge is 2.33. The smallest absolute Gasteiger partial charge is 0.408 e. The van der Waals surface area contributed by atoms with Crippen molar-refractivity contribution in [3.63, 3.8) is 0 Å². The molecule has 1 aromatic carbocycles. The number of likely N-dealkylation sites (N-methyl/N-ethyl adjacent to an activating group) is 1. The lowest BCUT2D eigenvalue weighted by Crippen LogP contribution is -2.52. The maximum Gasteiger partial charge on any atom is 0.408 e. The summed E-state index contributed by atoms with van der Waals surface area (Å²) in [4.78, 5) is 40.3. The monoisotopic (exact) mass is 465 g/mol. The Morgan fingerprint density at radius 1 is 1.12 bits per heavy atom. The third-order valence-corrected chi connectivity index (χ3v) is 5.42. The van der Waals surface area contributed by atoms with Gasteiger partial charge in [0.25, 0.3) is 0 Å². The van der Waals surface area contributed by atoms with Gasteiger partial charge in [0.15, 0.2) is 0 Å². The number of unbranched alkanes of at least 4 members (excludes halogenated alkanes) is 2. The van der Waals surface area contributed by atoms with Crippen LogP contribution < -0.4 is 10.6 Å². The van der Waals surface area contributed by atoms with Gasteiger partial charge in [-0.1, -0.05) is 50.1 Å². The zero-order chi connectivity index (χ0) is 24.1. The number of hydrogen-bond acceptors (Lipinski definition) is 5. The molecule has 1 aromatic rings.